The molecule has 0 saturated carbocycles. The van der Waals surface area contributed by atoms with Crippen molar-refractivity contribution >= 4 is 5.91 Å². The molecule has 0 N–H and O–H groups in total. The number of likely N-dealkylation sites (N-methyl/N-ethyl adjacent to an activating group) is 1. The molecule has 31 heavy (non-hydrogen) atoms. The first-order chi connectivity index (χ1) is 15.0. The van der Waals surface area contributed by atoms with Crippen LogP contribution in [0.4, 0.5) is 0 Å². The van der Waals surface area contributed by atoms with Crippen molar-refractivity contribution in [1.82, 2.24) is 10.1 Å². The average molecular weight is 424 g/mol. The molecule has 0 aliphatic heterocycles. The Morgan fingerprint density at radius 2 is 1.58 bits per heavy atom. The highest BCUT2D eigenvalue weighted by Crippen LogP contribution is 2.19. The fraction of sp³-hybridized carbons (Fsp3) is 0.333. The van der Waals surface area contributed by atoms with E-state index >= 15 is 0 Å². The van der Waals surface area contributed by atoms with E-state index in [1.54, 1.807) is 19.1 Å². The zero-order chi connectivity index (χ0) is 22.2. The van der Waals surface area contributed by atoms with Gasteiger partial charge >= 0.3 is 0 Å². The minimum atomic E-state index is 0.0303. The summed E-state index contributed by atoms with van der Waals surface area (Å²) in [6, 6.07) is 14.9. The molecule has 0 fully saturated rings. The maximum absolute atomic E-state index is 12.5. The maximum atomic E-state index is 12.5. The molecule has 0 bridgehead atoms. The summed E-state index contributed by atoms with van der Waals surface area (Å²) in [5.74, 6) is 3.05. The second kappa shape index (κ2) is 10.5. The third-order valence-corrected chi connectivity index (χ3v) is 5.02. The number of hydrogen-bond donors (Lipinski definition) is 0. The van der Waals surface area contributed by atoms with Crippen molar-refractivity contribution in [3.63, 3.8) is 0 Å². The summed E-state index contributed by atoms with van der Waals surface area (Å²) in [7, 11) is 3.40. The van der Waals surface area contributed by atoms with Crippen LogP contribution in [-0.4, -0.2) is 43.3 Å². The highest BCUT2D eigenvalue weighted by Gasteiger charge is 2.11. The van der Waals surface area contributed by atoms with Gasteiger partial charge in [-0.15, -0.1) is 0 Å². The number of carbonyl (C=O) groups excluding carboxylic acids is 1. The third kappa shape index (κ3) is 6.25. The number of rotatable bonds is 10. The molecule has 7 heteroatoms. The molecule has 0 atom stereocenters. The average Bonchev–Trinajstić information content (AvgIpc) is 3.10. The van der Waals surface area contributed by atoms with Gasteiger partial charge in [0.25, 0.3) is 0 Å². The van der Waals surface area contributed by atoms with Gasteiger partial charge in [0.1, 0.15) is 36.2 Å². The third-order valence-electron chi connectivity index (χ3n) is 5.02. The van der Waals surface area contributed by atoms with E-state index in [-0.39, 0.29) is 5.91 Å². The summed E-state index contributed by atoms with van der Waals surface area (Å²) >= 11 is 0. The van der Waals surface area contributed by atoms with E-state index in [0.29, 0.717) is 26.2 Å². The van der Waals surface area contributed by atoms with Gasteiger partial charge in [-0.25, -0.2) is 0 Å². The molecule has 3 aromatic rings. The van der Waals surface area contributed by atoms with Crippen LogP contribution in [-0.2, 0) is 17.8 Å². The second-order valence-corrected chi connectivity index (χ2v) is 7.25. The SMILES string of the molecule is COc1ccc(OCCN(C)C(=O)Cc2ccc(OCc3c(C)noc3C)cc2)cc1. The molecule has 0 aliphatic rings. The number of aromatic nitrogens is 1. The smallest absolute Gasteiger partial charge is 0.226 e. The number of ether oxygens (including phenoxy) is 3. The molecule has 1 heterocycles. The zero-order valence-electron chi connectivity index (χ0n) is 18.4. The molecular formula is C24H28N2O5. The van der Waals surface area contributed by atoms with Crippen LogP contribution >= 0.6 is 0 Å². The van der Waals surface area contributed by atoms with E-state index in [1.165, 1.54) is 0 Å². The van der Waals surface area contributed by atoms with Crippen LogP contribution < -0.4 is 14.2 Å². The molecule has 2 aromatic carbocycles. The monoisotopic (exact) mass is 424 g/mol. The molecule has 0 spiro atoms. The number of methoxy groups -OCH3 is 1. The number of hydrogen-bond acceptors (Lipinski definition) is 6. The quantitative estimate of drug-likeness (QED) is 0.491. The number of nitrogens with zero attached hydrogens (tertiary/aromatic N) is 2. The van der Waals surface area contributed by atoms with E-state index in [4.69, 9.17) is 18.7 Å². The first-order valence-electron chi connectivity index (χ1n) is 10.1. The Hall–Kier alpha value is -3.48. The molecule has 7 nitrogen and oxygen atoms in total. The van der Waals surface area contributed by atoms with E-state index in [1.807, 2.05) is 62.4 Å². The Balaban J connectivity index is 1.42. The summed E-state index contributed by atoms with van der Waals surface area (Å²) in [5.41, 5.74) is 2.72. The van der Waals surface area contributed by atoms with Crippen molar-refractivity contribution in [1.29, 1.82) is 0 Å². The Bertz CT molecular complexity index is 961. The molecule has 0 unspecified atom stereocenters. The number of carbonyl (C=O) groups is 1. The lowest BCUT2D eigenvalue weighted by Crippen LogP contribution is -2.32. The first-order valence-corrected chi connectivity index (χ1v) is 10.1. The van der Waals surface area contributed by atoms with E-state index < -0.39 is 0 Å². The standard InChI is InChI=1S/C24H28N2O5/c1-17-23(18(2)31-25-17)16-30-22-7-5-19(6-8-22)15-24(27)26(3)13-14-29-21-11-9-20(28-4)10-12-21/h5-12H,13-16H2,1-4H3. The summed E-state index contributed by atoms with van der Waals surface area (Å²) in [6.45, 7) is 5.08. The lowest BCUT2D eigenvalue weighted by molar-refractivity contribution is -0.129. The van der Waals surface area contributed by atoms with E-state index in [0.717, 1.165) is 39.8 Å². The van der Waals surface area contributed by atoms with Crippen molar-refractivity contribution in [2.75, 3.05) is 27.3 Å². The Labute approximate surface area is 182 Å². The van der Waals surface area contributed by atoms with Gasteiger partial charge in [0.05, 0.1) is 31.3 Å². The predicted molar refractivity (Wildman–Crippen MR) is 117 cm³/mol. The van der Waals surface area contributed by atoms with Crippen LogP contribution in [0.15, 0.2) is 53.1 Å². The van der Waals surface area contributed by atoms with Crippen molar-refractivity contribution in [3.8, 4) is 17.2 Å². The summed E-state index contributed by atoms with van der Waals surface area (Å²) in [4.78, 5) is 14.2. The Kier molecular flexibility index (Phi) is 7.54. The van der Waals surface area contributed by atoms with Gasteiger partial charge in [0, 0.05) is 7.05 Å². The number of aryl methyl sites for hydroxylation is 2. The fourth-order valence-corrected chi connectivity index (χ4v) is 2.97. The van der Waals surface area contributed by atoms with Crippen LogP contribution in [0.2, 0.25) is 0 Å². The van der Waals surface area contributed by atoms with Gasteiger partial charge < -0.3 is 23.6 Å². The molecule has 1 aromatic heterocycles. The van der Waals surface area contributed by atoms with Crippen molar-refractivity contribution in [2.45, 2.75) is 26.9 Å². The summed E-state index contributed by atoms with van der Waals surface area (Å²) in [6.07, 6.45) is 0.323. The Morgan fingerprint density at radius 3 is 2.19 bits per heavy atom. The van der Waals surface area contributed by atoms with Gasteiger partial charge in [0.15, 0.2) is 0 Å². The zero-order valence-corrected chi connectivity index (χ0v) is 18.4. The Morgan fingerprint density at radius 1 is 0.968 bits per heavy atom. The van der Waals surface area contributed by atoms with Crippen LogP contribution in [0.5, 0.6) is 17.2 Å². The van der Waals surface area contributed by atoms with E-state index in [2.05, 4.69) is 5.16 Å². The lowest BCUT2D eigenvalue weighted by atomic mass is 10.1. The van der Waals surface area contributed by atoms with Crippen LogP contribution in [0, 0.1) is 13.8 Å². The summed E-state index contributed by atoms with van der Waals surface area (Å²) in [5, 5.41) is 3.93. The first kappa shape index (κ1) is 22.2. The molecular weight excluding hydrogens is 396 g/mol. The van der Waals surface area contributed by atoms with Crippen LogP contribution in [0.25, 0.3) is 0 Å². The van der Waals surface area contributed by atoms with Gasteiger partial charge in [-0.05, 0) is 55.8 Å². The topological polar surface area (TPSA) is 74.0 Å². The molecule has 164 valence electrons. The highest BCUT2D eigenvalue weighted by atomic mass is 16.5. The van der Waals surface area contributed by atoms with Crippen molar-refractivity contribution in [2.24, 2.45) is 0 Å². The minimum Gasteiger partial charge on any atom is -0.497 e. The maximum Gasteiger partial charge on any atom is 0.226 e. The summed E-state index contributed by atoms with van der Waals surface area (Å²) < 4.78 is 21.8. The van der Waals surface area contributed by atoms with Crippen molar-refractivity contribution < 1.29 is 23.5 Å². The molecule has 1 amide bonds. The number of amides is 1. The van der Waals surface area contributed by atoms with Crippen LogP contribution in [0.3, 0.4) is 0 Å². The van der Waals surface area contributed by atoms with Crippen molar-refractivity contribution in [3.05, 3.63) is 71.1 Å². The minimum absolute atomic E-state index is 0.0303. The van der Waals surface area contributed by atoms with Gasteiger partial charge in [-0.2, -0.15) is 0 Å². The number of benzene rings is 2. The lowest BCUT2D eigenvalue weighted by Gasteiger charge is -2.18. The van der Waals surface area contributed by atoms with Crippen LogP contribution in [0.1, 0.15) is 22.6 Å². The van der Waals surface area contributed by atoms with E-state index in [9.17, 15) is 4.79 Å². The molecule has 3 rings (SSSR count). The fourth-order valence-electron chi connectivity index (χ4n) is 2.97. The highest BCUT2D eigenvalue weighted by molar-refractivity contribution is 5.78. The van der Waals surface area contributed by atoms with Gasteiger partial charge in [0.2, 0.25) is 5.91 Å². The molecule has 0 saturated heterocycles. The molecule has 0 aliphatic carbocycles. The van der Waals surface area contributed by atoms with Gasteiger partial charge in [-0.3, -0.25) is 4.79 Å². The largest absolute Gasteiger partial charge is 0.497 e. The predicted octanol–water partition coefficient (Wildman–Crippen LogP) is 3.96. The normalized spacial score (nSPS) is 10.6. The molecule has 0 radical (unpaired) electrons. The van der Waals surface area contributed by atoms with Gasteiger partial charge in [-0.1, -0.05) is 17.3 Å². The second-order valence-electron chi connectivity index (χ2n) is 7.25.